The number of ether oxygens (including phenoxy) is 1. The second-order valence-electron chi connectivity index (χ2n) is 6.71. The fourth-order valence-electron chi connectivity index (χ4n) is 3.02. The Morgan fingerprint density at radius 2 is 1.96 bits per heavy atom. The van der Waals surface area contributed by atoms with Crippen LogP contribution in [0.5, 0.6) is 0 Å². The lowest BCUT2D eigenvalue weighted by Crippen LogP contribution is -2.50. The molecule has 1 saturated heterocycles. The third-order valence-corrected chi connectivity index (χ3v) is 6.34. The molecule has 0 bridgehead atoms. The highest BCUT2D eigenvalue weighted by Gasteiger charge is 2.30. The van der Waals surface area contributed by atoms with E-state index in [0.29, 0.717) is 5.69 Å². The average Bonchev–Trinajstić information content (AvgIpc) is 2.96. The molecule has 8 nitrogen and oxygen atoms in total. The summed E-state index contributed by atoms with van der Waals surface area (Å²) in [5.41, 5.74) is 3.31. The van der Waals surface area contributed by atoms with Crippen LogP contribution in [-0.4, -0.2) is 45.3 Å². The third kappa shape index (κ3) is 4.05. The van der Waals surface area contributed by atoms with Crippen LogP contribution in [-0.2, 0) is 19.6 Å². The Morgan fingerprint density at radius 3 is 2.59 bits per heavy atom. The number of aryl methyl sites for hydroxylation is 4. The number of hydrogen-bond acceptors (Lipinski definition) is 6. The Morgan fingerprint density at radius 1 is 1.22 bits per heavy atom. The molecule has 1 amide bonds. The van der Waals surface area contributed by atoms with Crippen molar-refractivity contribution in [1.82, 2.24) is 9.88 Å². The van der Waals surface area contributed by atoms with E-state index in [1.807, 2.05) is 32.0 Å². The molecule has 0 spiro atoms. The van der Waals surface area contributed by atoms with Crippen LogP contribution in [0.3, 0.4) is 0 Å². The number of morpholine rings is 1. The van der Waals surface area contributed by atoms with E-state index in [-0.39, 0.29) is 36.3 Å². The first-order valence-corrected chi connectivity index (χ1v) is 10.1. The van der Waals surface area contributed by atoms with Gasteiger partial charge < -0.3 is 14.2 Å². The lowest BCUT2D eigenvalue weighted by molar-refractivity contribution is -0.129. The van der Waals surface area contributed by atoms with E-state index in [4.69, 9.17) is 9.26 Å². The number of sulfonamides is 1. The standard InChI is InChI=1S/C18H23N3O5S/c1-11-5-6-15(7-12(11)2)21-9-16(25-10-17(21)22)8-19-27(23,24)18-13(3)20-26-14(18)4/h5-7,16,19H,8-10H2,1-4H3. The minimum atomic E-state index is -3.78. The zero-order valence-electron chi connectivity index (χ0n) is 15.8. The fraction of sp³-hybridized carbons (Fsp3) is 0.444. The number of nitrogens with one attached hydrogen (secondary N) is 1. The number of anilines is 1. The number of rotatable bonds is 5. The van der Waals surface area contributed by atoms with E-state index in [1.165, 1.54) is 0 Å². The first-order valence-electron chi connectivity index (χ1n) is 8.61. The van der Waals surface area contributed by atoms with Gasteiger partial charge >= 0.3 is 0 Å². The SMILES string of the molecule is Cc1ccc(N2CC(CNS(=O)(=O)c3c(C)noc3C)OCC2=O)cc1C. The van der Waals surface area contributed by atoms with Crippen molar-refractivity contribution in [3.8, 4) is 0 Å². The summed E-state index contributed by atoms with van der Waals surface area (Å²) in [6.45, 7) is 7.33. The number of carbonyl (C=O) groups is 1. The van der Waals surface area contributed by atoms with Gasteiger partial charge in [0, 0.05) is 12.2 Å². The van der Waals surface area contributed by atoms with Gasteiger partial charge in [0.2, 0.25) is 10.0 Å². The molecule has 2 heterocycles. The zero-order chi connectivity index (χ0) is 19.8. The third-order valence-electron chi connectivity index (χ3n) is 4.67. The van der Waals surface area contributed by atoms with E-state index in [2.05, 4.69) is 9.88 Å². The molecular weight excluding hydrogens is 370 g/mol. The summed E-state index contributed by atoms with van der Waals surface area (Å²) in [6.07, 6.45) is -0.459. The van der Waals surface area contributed by atoms with Gasteiger partial charge in [-0.15, -0.1) is 0 Å². The summed E-state index contributed by atoms with van der Waals surface area (Å²) in [4.78, 5) is 13.9. The summed E-state index contributed by atoms with van der Waals surface area (Å²) >= 11 is 0. The first kappa shape index (κ1) is 19.5. The predicted octanol–water partition coefficient (Wildman–Crippen LogP) is 1.62. The Hall–Kier alpha value is -2.23. The van der Waals surface area contributed by atoms with E-state index in [1.54, 1.807) is 18.7 Å². The second kappa shape index (κ2) is 7.41. The van der Waals surface area contributed by atoms with Crippen LogP contribution in [0.2, 0.25) is 0 Å². The van der Waals surface area contributed by atoms with Crippen molar-refractivity contribution < 1.29 is 22.5 Å². The Bertz CT molecular complexity index is 948. The maximum Gasteiger partial charge on any atom is 0.253 e. The zero-order valence-corrected chi connectivity index (χ0v) is 16.6. The van der Waals surface area contributed by atoms with Crippen molar-refractivity contribution in [2.24, 2.45) is 0 Å². The lowest BCUT2D eigenvalue weighted by Gasteiger charge is -2.33. The topological polar surface area (TPSA) is 102 Å². The molecule has 0 aliphatic carbocycles. The van der Waals surface area contributed by atoms with Crippen LogP contribution in [0.4, 0.5) is 5.69 Å². The number of amides is 1. The lowest BCUT2D eigenvalue weighted by atomic mass is 10.1. The molecule has 1 fully saturated rings. The molecule has 27 heavy (non-hydrogen) atoms. The highest BCUT2D eigenvalue weighted by molar-refractivity contribution is 7.89. The molecule has 1 unspecified atom stereocenters. The molecule has 146 valence electrons. The monoisotopic (exact) mass is 393 g/mol. The molecule has 2 aromatic rings. The van der Waals surface area contributed by atoms with E-state index in [0.717, 1.165) is 16.8 Å². The van der Waals surface area contributed by atoms with Gasteiger partial charge in [-0.05, 0) is 51.0 Å². The number of carbonyl (C=O) groups excluding carboxylic acids is 1. The Balaban J connectivity index is 1.71. The van der Waals surface area contributed by atoms with Crippen molar-refractivity contribution in [3.63, 3.8) is 0 Å². The summed E-state index contributed by atoms with van der Waals surface area (Å²) in [7, 11) is -3.78. The van der Waals surface area contributed by atoms with Crippen LogP contribution in [0.25, 0.3) is 0 Å². The Labute approximate surface area is 158 Å². The van der Waals surface area contributed by atoms with Crippen molar-refractivity contribution in [3.05, 3.63) is 40.8 Å². The van der Waals surface area contributed by atoms with Crippen molar-refractivity contribution in [1.29, 1.82) is 0 Å². The van der Waals surface area contributed by atoms with E-state index in [9.17, 15) is 13.2 Å². The molecule has 0 saturated carbocycles. The maximum atomic E-state index is 12.5. The predicted molar refractivity (Wildman–Crippen MR) is 99.2 cm³/mol. The Kier molecular flexibility index (Phi) is 5.36. The molecular formula is C18H23N3O5S. The van der Waals surface area contributed by atoms with Crippen LogP contribution < -0.4 is 9.62 Å². The molecule has 0 radical (unpaired) electrons. The first-order chi connectivity index (χ1) is 12.7. The van der Waals surface area contributed by atoms with Gasteiger partial charge in [0.15, 0.2) is 5.76 Å². The molecule has 1 aliphatic heterocycles. The molecule has 1 aromatic carbocycles. The van der Waals surface area contributed by atoms with Crippen LogP contribution in [0, 0.1) is 27.7 Å². The van der Waals surface area contributed by atoms with Gasteiger partial charge in [0.05, 0.1) is 12.6 Å². The second-order valence-corrected chi connectivity index (χ2v) is 8.41. The fourth-order valence-corrected chi connectivity index (χ4v) is 4.42. The van der Waals surface area contributed by atoms with Gasteiger partial charge in [-0.1, -0.05) is 11.2 Å². The number of benzene rings is 1. The minimum Gasteiger partial charge on any atom is -0.365 e. The van der Waals surface area contributed by atoms with Crippen molar-refractivity contribution in [2.45, 2.75) is 38.7 Å². The highest BCUT2D eigenvalue weighted by atomic mass is 32.2. The molecule has 1 aromatic heterocycles. The molecule has 1 atom stereocenters. The number of nitrogens with zero attached hydrogens (tertiary/aromatic N) is 2. The maximum absolute atomic E-state index is 12.5. The van der Waals surface area contributed by atoms with Crippen LogP contribution >= 0.6 is 0 Å². The van der Waals surface area contributed by atoms with Gasteiger partial charge in [0.1, 0.15) is 17.2 Å². The quantitative estimate of drug-likeness (QED) is 0.828. The van der Waals surface area contributed by atoms with E-state index < -0.39 is 16.1 Å². The largest absolute Gasteiger partial charge is 0.365 e. The van der Waals surface area contributed by atoms with Crippen LogP contribution in [0.15, 0.2) is 27.6 Å². The van der Waals surface area contributed by atoms with Gasteiger partial charge in [-0.25, -0.2) is 13.1 Å². The molecule has 9 heteroatoms. The highest BCUT2D eigenvalue weighted by Crippen LogP contribution is 2.22. The van der Waals surface area contributed by atoms with Crippen LogP contribution in [0.1, 0.15) is 22.6 Å². The van der Waals surface area contributed by atoms with Gasteiger partial charge in [0.25, 0.3) is 5.91 Å². The smallest absolute Gasteiger partial charge is 0.253 e. The normalized spacial score (nSPS) is 18.1. The molecule has 3 rings (SSSR count). The summed E-state index contributed by atoms with van der Waals surface area (Å²) in [5.74, 6) is 0.0829. The average molecular weight is 393 g/mol. The molecule has 1 aliphatic rings. The van der Waals surface area contributed by atoms with Gasteiger partial charge in [-0.2, -0.15) is 0 Å². The van der Waals surface area contributed by atoms with Gasteiger partial charge in [-0.3, -0.25) is 4.79 Å². The summed E-state index contributed by atoms with van der Waals surface area (Å²) < 4.78 is 38.0. The van der Waals surface area contributed by atoms with Crippen molar-refractivity contribution in [2.75, 3.05) is 24.6 Å². The van der Waals surface area contributed by atoms with Crippen molar-refractivity contribution >= 4 is 21.6 Å². The summed E-state index contributed by atoms with van der Waals surface area (Å²) in [5, 5.41) is 3.68. The molecule has 1 N–H and O–H groups in total. The van der Waals surface area contributed by atoms with E-state index >= 15 is 0 Å². The number of aromatic nitrogens is 1. The summed E-state index contributed by atoms with van der Waals surface area (Å²) in [6, 6.07) is 5.79. The minimum absolute atomic E-state index is 0.0420. The number of hydrogen-bond donors (Lipinski definition) is 1.